The van der Waals surface area contributed by atoms with Crippen molar-refractivity contribution in [3.63, 3.8) is 0 Å². The first-order valence-corrected chi connectivity index (χ1v) is 10.1. The first kappa shape index (κ1) is 19.2. The van der Waals surface area contributed by atoms with E-state index in [1.165, 1.54) is 0 Å². The normalized spacial score (nSPS) is 15.6. The molecule has 7 heteroatoms. The lowest BCUT2D eigenvalue weighted by Crippen LogP contribution is -2.76. The first-order chi connectivity index (χ1) is 8.51. The van der Waals surface area contributed by atoms with E-state index in [1.54, 1.807) is 0 Å². The lowest BCUT2D eigenvalue weighted by molar-refractivity contribution is 0.364. The van der Waals surface area contributed by atoms with Gasteiger partial charge in [-0.25, -0.2) is 0 Å². The van der Waals surface area contributed by atoms with Crippen LogP contribution in [0.5, 0.6) is 0 Å². The highest BCUT2D eigenvalue weighted by atomic mass is 28.4. The largest absolute Gasteiger partial charge is 0.317 e. The molecule has 0 aliphatic carbocycles. The second kappa shape index (κ2) is 7.30. The van der Waals surface area contributed by atoms with Crippen molar-refractivity contribution in [2.75, 3.05) is 70.5 Å². The van der Waals surface area contributed by atoms with Crippen LogP contribution in [0.1, 0.15) is 6.92 Å². The third-order valence-corrected chi connectivity index (χ3v) is 13.5. The van der Waals surface area contributed by atoms with E-state index in [4.69, 9.17) is 0 Å². The molecule has 0 saturated heterocycles. The fourth-order valence-corrected chi connectivity index (χ4v) is 16.0. The summed E-state index contributed by atoms with van der Waals surface area (Å²) in [4.78, 5) is 0. The molecular formula is C12H34N5Si2. The summed E-state index contributed by atoms with van der Waals surface area (Å²) in [6, 6.07) is 0. The minimum Gasteiger partial charge on any atom is -0.317 e. The molecule has 1 unspecified atom stereocenters. The number of rotatable bonds is 7. The van der Waals surface area contributed by atoms with Crippen LogP contribution < -0.4 is 0 Å². The van der Waals surface area contributed by atoms with E-state index in [-0.39, 0.29) is 0 Å². The SMILES string of the molecule is CC([Si](N(C)C)N(C)C)[Si](N(C)C)(N(C)C)N(C)C. The van der Waals surface area contributed by atoms with Crippen LogP contribution in [0.25, 0.3) is 0 Å². The maximum absolute atomic E-state index is 2.47. The summed E-state index contributed by atoms with van der Waals surface area (Å²) in [5, 5.41) is 0.641. The topological polar surface area (TPSA) is 16.2 Å². The number of hydrogen-bond donors (Lipinski definition) is 0. The Kier molecular flexibility index (Phi) is 7.39. The van der Waals surface area contributed by atoms with Crippen LogP contribution in [0.3, 0.4) is 0 Å². The molecule has 0 amide bonds. The van der Waals surface area contributed by atoms with E-state index >= 15 is 0 Å². The second-order valence-electron chi connectivity index (χ2n) is 6.24. The Morgan fingerprint density at radius 2 is 0.895 bits per heavy atom. The number of hydrogen-bond acceptors (Lipinski definition) is 5. The predicted molar refractivity (Wildman–Crippen MR) is 89.4 cm³/mol. The maximum Gasteiger partial charge on any atom is 0.290 e. The van der Waals surface area contributed by atoms with Gasteiger partial charge in [-0.2, -0.15) is 0 Å². The van der Waals surface area contributed by atoms with Gasteiger partial charge in [0.1, 0.15) is 0 Å². The molecule has 115 valence electrons. The summed E-state index contributed by atoms with van der Waals surface area (Å²) in [5.41, 5.74) is 0. The molecule has 0 heterocycles. The zero-order valence-electron chi connectivity index (χ0n) is 14.8. The van der Waals surface area contributed by atoms with Crippen molar-refractivity contribution in [3.8, 4) is 0 Å². The van der Waals surface area contributed by atoms with Gasteiger partial charge < -0.3 is 22.8 Å². The second-order valence-corrected chi connectivity index (χ2v) is 15.1. The molecule has 1 radical (unpaired) electrons. The molecule has 1 atom stereocenters. The van der Waals surface area contributed by atoms with Crippen LogP contribution >= 0.6 is 0 Å². The van der Waals surface area contributed by atoms with Gasteiger partial charge in [-0.1, -0.05) is 6.92 Å². The summed E-state index contributed by atoms with van der Waals surface area (Å²) in [5.74, 6) is 0. The zero-order valence-corrected chi connectivity index (χ0v) is 16.8. The van der Waals surface area contributed by atoms with Crippen LogP contribution in [-0.2, 0) is 0 Å². The lowest BCUT2D eigenvalue weighted by atomic mass is 10.9. The molecule has 0 spiro atoms. The molecular weight excluding hydrogens is 270 g/mol. The zero-order chi connectivity index (χ0) is 15.5. The van der Waals surface area contributed by atoms with Crippen LogP contribution in [0.4, 0.5) is 0 Å². The Bertz CT molecular complexity index is 239. The quantitative estimate of drug-likeness (QED) is 0.621. The molecule has 0 bridgehead atoms. The van der Waals surface area contributed by atoms with Gasteiger partial charge in [-0.3, -0.25) is 0 Å². The predicted octanol–water partition coefficient (Wildman–Crippen LogP) is 0.151. The highest BCUT2D eigenvalue weighted by Crippen LogP contribution is 2.30. The monoisotopic (exact) mass is 304 g/mol. The Labute approximate surface area is 123 Å². The Morgan fingerprint density at radius 3 is 1.05 bits per heavy atom. The highest BCUT2D eigenvalue weighted by molar-refractivity contribution is 6.85. The van der Waals surface area contributed by atoms with Crippen molar-refractivity contribution < 1.29 is 0 Å². The van der Waals surface area contributed by atoms with E-state index in [9.17, 15) is 0 Å². The molecule has 0 aromatic heterocycles. The third-order valence-electron chi connectivity index (χ3n) is 3.86. The summed E-state index contributed by atoms with van der Waals surface area (Å²) < 4.78 is 12.3. The molecule has 5 nitrogen and oxygen atoms in total. The Hall–Kier alpha value is 0.234. The molecule has 0 saturated carbocycles. The lowest BCUT2D eigenvalue weighted by Gasteiger charge is -2.53. The van der Waals surface area contributed by atoms with E-state index in [0.29, 0.717) is 5.16 Å². The minimum atomic E-state index is -1.86. The van der Waals surface area contributed by atoms with Gasteiger partial charge in [-0.15, -0.1) is 0 Å². The fraction of sp³-hybridized carbons (Fsp3) is 1.00. The van der Waals surface area contributed by atoms with Crippen LogP contribution in [0, 0.1) is 0 Å². The van der Waals surface area contributed by atoms with Crippen molar-refractivity contribution >= 4 is 17.7 Å². The molecule has 0 aliphatic rings. The van der Waals surface area contributed by atoms with Crippen molar-refractivity contribution in [2.45, 2.75) is 12.1 Å². The van der Waals surface area contributed by atoms with Gasteiger partial charge in [0, 0.05) is 5.16 Å². The standard InChI is InChI=1S/C12H34N5Si2/c1-12(18(13(2)3)14(4)5)19(15(6)7,16(8)9)17(10)11/h12H,1-11H3. The van der Waals surface area contributed by atoms with Crippen molar-refractivity contribution in [1.29, 1.82) is 0 Å². The van der Waals surface area contributed by atoms with Gasteiger partial charge in [0.15, 0.2) is 0 Å². The molecule has 0 fully saturated rings. The van der Waals surface area contributed by atoms with Gasteiger partial charge in [0.05, 0.1) is 0 Å². The third kappa shape index (κ3) is 3.66. The van der Waals surface area contributed by atoms with Crippen molar-refractivity contribution in [2.24, 2.45) is 0 Å². The molecule has 0 N–H and O–H groups in total. The van der Waals surface area contributed by atoms with Crippen molar-refractivity contribution in [3.05, 3.63) is 0 Å². The van der Waals surface area contributed by atoms with E-state index in [2.05, 4.69) is 100 Å². The molecule has 0 rings (SSSR count). The van der Waals surface area contributed by atoms with Crippen LogP contribution in [-0.4, -0.2) is 111 Å². The molecule has 0 aliphatic heterocycles. The maximum atomic E-state index is 2.47. The highest BCUT2D eigenvalue weighted by Gasteiger charge is 2.52. The van der Waals surface area contributed by atoms with Crippen LogP contribution in [0.15, 0.2) is 0 Å². The van der Waals surface area contributed by atoms with Gasteiger partial charge >= 0.3 is 0 Å². The molecule has 0 aromatic carbocycles. The number of nitrogens with zero attached hydrogens (tertiary/aromatic N) is 5. The van der Waals surface area contributed by atoms with Gasteiger partial charge in [0.2, 0.25) is 9.12 Å². The minimum absolute atomic E-state index is 0.641. The van der Waals surface area contributed by atoms with E-state index in [0.717, 1.165) is 0 Å². The fourth-order valence-electron chi connectivity index (χ4n) is 3.71. The first-order valence-electron chi connectivity index (χ1n) is 6.74. The summed E-state index contributed by atoms with van der Waals surface area (Å²) >= 11 is 0. The van der Waals surface area contributed by atoms with E-state index < -0.39 is 17.7 Å². The van der Waals surface area contributed by atoms with E-state index in [1.807, 2.05) is 0 Å². The molecule has 19 heavy (non-hydrogen) atoms. The Balaban J connectivity index is 5.72. The average Bonchev–Trinajstić information content (AvgIpc) is 2.13. The summed E-state index contributed by atoms with van der Waals surface area (Å²) in [6.45, 7) is 2.43. The Morgan fingerprint density at radius 1 is 0.632 bits per heavy atom. The van der Waals surface area contributed by atoms with Crippen molar-refractivity contribution in [1.82, 2.24) is 22.8 Å². The van der Waals surface area contributed by atoms with Crippen LogP contribution in [0.2, 0.25) is 5.16 Å². The molecule has 0 aromatic rings. The summed E-state index contributed by atoms with van der Waals surface area (Å²) in [7, 11) is 19.6. The smallest absolute Gasteiger partial charge is 0.290 e. The summed E-state index contributed by atoms with van der Waals surface area (Å²) in [6.07, 6.45) is 0. The van der Waals surface area contributed by atoms with Gasteiger partial charge in [-0.05, 0) is 70.5 Å². The van der Waals surface area contributed by atoms with Gasteiger partial charge in [0.25, 0.3) is 8.56 Å². The average molecular weight is 305 g/mol.